The molecule has 1 amide bonds. The number of carbonyl (C=O) groups excluding carboxylic acids is 1. The van der Waals surface area contributed by atoms with Crippen LogP contribution >= 0.6 is 0 Å². The Morgan fingerprint density at radius 3 is 3.24 bits per heavy atom. The van der Waals surface area contributed by atoms with Gasteiger partial charge in [0, 0.05) is 32.7 Å². The number of nitrogens with one attached hydrogen (secondary N) is 2. The van der Waals surface area contributed by atoms with E-state index in [1.54, 1.807) is 0 Å². The van der Waals surface area contributed by atoms with E-state index in [1.807, 2.05) is 0 Å². The highest BCUT2D eigenvalue weighted by Crippen LogP contribution is 2.20. The van der Waals surface area contributed by atoms with Crippen molar-refractivity contribution in [2.24, 2.45) is 0 Å². The van der Waals surface area contributed by atoms with Gasteiger partial charge in [0.1, 0.15) is 12.1 Å². The maximum Gasteiger partial charge on any atom is 0.251 e. The van der Waals surface area contributed by atoms with Gasteiger partial charge in [-0.25, -0.2) is 0 Å². The average Bonchev–Trinajstić information content (AvgIpc) is 2.90. The number of hydrogen-bond donors (Lipinski definition) is 2. The second-order valence-corrected chi connectivity index (χ2v) is 6.90. The zero-order chi connectivity index (χ0) is 17.6. The van der Waals surface area contributed by atoms with E-state index >= 15 is 0 Å². The molecule has 6 heteroatoms. The van der Waals surface area contributed by atoms with Gasteiger partial charge in [-0.1, -0.05) is 18.2 Å². The van der Waals surface area contributed by atoms with Crippen molar-refractivity contribution in [2.75, 3.05) is 33.3 Å². The lowest BCUT2D eigenvalue weighted by Gasteiger charge is -2.25. The van der Waals surface area contributed by atoms with E-state index in [9.17, 15) is 10.1 Å². The number of nitrogens with zero attached hydrogens (tertiary/aromatic N) is 2. The summed E-state index contributed by atoms with van der Waals surface area (Å²) in [6.45, 7) is 3.95. The molecule has 1 fully saturated rings. The van der Waals surface area contributed by atoms with Crippen LogP contribution in [0.1, 0.15) is 23.1 Å². The van der Waals surface area contributed by atoms with E-state index in [2.05, 4.69) is 46.8 Å². The molecule has 0 spiro atoms. The summed E-state index contributed by atoms with van der Waals surface area (Å²) in [5.41, 5.74) is 3.80. The van der Waals surface area contributed by atoms with Crippen molar-refractivity contribution in [2.45, 2.75) is 38.0 Å². The Morgan fingerprint density at radius 1 is 1.52 bits per heavy atom. The average molecular weight is 342 g/mol. The van der Waals surface area contributed by atoms with Crippen molar-refractivity contribution in [1.29, 1.82) is 5.26 Å². The molecule has 2 aliphatic rings. The summed E-state index contributed by atoms with van der Waals surface area (Å²) in [6, 6.07) is 8.07. The SMILES string of the molecule is CN1CCc2cc(C[C@H](C#N)NC(=O)[C@@H]3CNCCCO3)ccc2C1. The number of benzene rings is 1. The summed E-state index contributed by atoms with van der Waals surface area (Å²) >= 11 is 0. The van der Waals surface area contributed by atoms with Crippen LogP contribution < -0.4 is 10.6 Å². The minimum absolute atomic E-state index is 0.208. The van der Waals surface area contributed by atoms with Crippen LogP contribution in [0.2, 0.25) is 0 Å². The third-order valence-electron chi connectivity index (χ3n) is 4.83. The van der Waals surface area contributed by atoms with Crippen LogP contribution in [0.3, 0.4) is 0 Å². The number of amides is 1. The fourth-order valence-electron chi connectivity index (χ4n) is 3.39. The van der Waals surface area contributed by atoms with Crippen molar-refractivity contribution in [3.63, 3.8) is 0 Å². The first kappa shape index (κ1) is 17.9. The number of nitriles is 1. The van der Waals surface area contributed by atoms with Crippen LogP contribution in [0, 0.1) is 11.3 Å². The molecule has 0 aliphatic carbocycles. The first-order valence-electron chi connectivity index (χ1n) is 8.97. The molecule has 2 N–H and O–H groups in total. The molecule has 134 valence electrons. The third kappa shape index (κ3) is 4.79. The Bertz CT molecular complexity index is 647. The first-order chi connectivity index (χ1) is 12.2. The Kier molecular flexibility index (Phi) is 6.03. The van der Waals surface area contributed by atoms with Gasteiger partial charge in [-0.3, -0.25) is 4.79 Å². The number of ether oxygens (including phenoxy) is 1. The fraction of sp³-hybridized carbons (Fsp3) is 0.579. The van der Waals surface area contributed by atoms with Crippen molar-refractivity contribution >= 4 is 5.91 Å². The standard InChI is InChI=1S/C19H26N4O2/c1-23-7-5-15-9-14(3-4-16(15)13-23)10-17(11-20)22-19(24)18-12-21-6-2-8-25-18/h3-4,9,17-18,21H,2,5-8,10,12-13H2,1H3,(H,22,24)/t17-,18+/m1/s1. The summed E-state index contributed by atoms with van der Waals surface area (Å²) in [5.74, 6) is -0.208. The van der Waals surface area contributed by atoms with Gasteiger partial charge in [0.2, 0.25) is 0 Å². The maximum absolute atomic E-state index is 12.3. The molecule has 25 heavy (non-hydrogen) atoms. The largest absolute Gasteiger partial charge is 0.367 e. The zero-order valence-electron chi connectivity index (χ0n) is 14.8. The molecule has 6 nitrogen and oxygen atoms in total. The summed E-state index contributed by atoms with van der Waals surface area (Å²) < 4.78 is 5.56. The summed E-state index contributed by atoms with van der Waals surface area (Å²) in [4.78, 5) is 14.7. The normalized spacial score (nSPS) is 22.3. The van der Waals surface area contributed by atoms with E-state index in [0.717, 1.165) is 38.0 Å². The Morgan fingerprint density at radius 2 is 2.40 bits per heavy atom. The quantitative estimate of drug-likeness (QED) is 0.838. The number of rotatable bonds is 4. The highest BCUT2D eigenvalue weighted by molar-refractivity contribution is 5.81. The molecule has 2 heterocycles. The van der Waals surface area contributed by atoms with Gasteiger partial charge < -0.3 is 20.3 Å². The van der Waals surface area contributed by atoms with E-state index in [0.29, 0.717) is 19.6 Å². The molecule has 0 radical (unpaired) electrons. The van der Waals surface area contributed by atoms with Crippen molar-refractivity contribution < 1.29 is 9.53 Å². The Labute approximate surface area is 149 Å². The molecule has 2 atom stereocenters. The van der Waals surface area contributed by atoms with Gasteiger partial charge in [0.25, 0.3) is 5.91 Å². The molecule has 1 aromatic carbocycles. The van der Waals surface area contributed by atoms with Crippen molar-refractivity contribution in [3.8, 4) is 6.07 Å². The van der Waals surface area contributed by atoms with Crippen LogP contribution in [0.5, 0.6) is 0 Å². The number of fused-ring (bicyclic) bond motifs is 1. The lowest BCUT2D eigenvalue weighted by molar-refractivity contribution is -0.132. The molecule has 0 unspecified atom stereocenters. The van der Waals surface area contributed by atoms with Crippen molar-refractivity contribution in [3.05, 3.63) is 34.9 Å². The lowest BCUT2D eigenvalue weighted by atomic mass is 9.95. The summed E-state index contributed by atoms with van der Waals surface area (Å²) in [7, 11) is 2.13. The van der Waals surface area contributed by atoms with Crippen LogP contribution in [-0.2, 0) is 28.9 Å². The van der Waals surface area contributed by atoms with E-state index in [-0.39, 0.29) is 5.91 Å². The Hall–Kier alpha value is -1.94. The van der Waals surface area contributed by atoms with E-state index in [4.69, 9.17) is 4.74 Å². The topological polar surface area (TPSA) is 77.4 Å². The second kappa shape index (κ2) is 8.43. The molecule has 3 rings (SSSR count). The predicted molar refractivity (Wildman–Crippen MR) is 95.0 cm³/mol. The molecule has 0 aromatic heterocycles. The van der Waals surface area contributed by atoms with Gasteiger partial charge in [0.05, 0.1) is 6.07 Å². The van der Waals surface area contributed by atoms with Gasteiger partial charge in [-0.05, 0) is 43.1 Å². The maximum atomic E-state index is 12.3. The monoisotopic (exact) mass is 342 g/mol. The minimum atomic E-state index is -0.538. The molecule has 2 aliphatic heterocycles. The van der Waals surface area contributed by atoms with E-state index < -0.39 is 12.1 Å². The fourth-order valence-corrected chi connectivity index (χ4v) is 3.39. The van der Waals surface area contributed by atoms with Gasteiger partial charge in [0.15, 0.2) is 0 Å². The van der Waals surface area contributed by atoms with Gasteiger partial charge in [-0.15, -0.1) is 0 Å². The molecule has 0 bridgehead atoms. The van der Waals surface area contributed by atoms with Crippen LogP contribution in [0.15, 0.2) is 18.2 Å². The van der Waals surface area contributed by atoms with Crippen LogP contribution in [0.25, 0.3) is 0 Å². The van der Waals surface area contributed by atoms with E-state index in [1.165, 1.54) is 11.1 Å². The summed E-state index contributed by atoms with van der Waals surface area (Å²) in [6.07, 6.45) is 1.93. The third-order valence-corrected chi connectivity index (χ3v) is 4.83. The van der Waals surface area contributed by atoms with Gasteiger partial charge in [-0.2, -0.15) is 5.26 Å². The number of carbonyl (C=O) groups is 1. The van der Waals surface area contributed by atoms with Crippen molar-refractivity contribution in [1.82, 2.24) is 15.5 Å². The van der Waals surface area contributed by atoms with Crippen LogP contribution in [0.4, 0.5) is 0 Å². The summed E-state index contributed by atoms with van der Waals surface area (Å²) in [5, 5.41) is 15.4. The zero-order valence-corrected chi connectivity index (χ0v) is 14.8. The van der Waals surface area contributed by atoms with Crippen LogP contribution in [-0.4, -0.2) is 56.2 Å². The lowest BCUT2D eigenvalue weighted by Crippen LogP contribution is -2.46. The molecule has 1 saturated heterocycles. The predicted octanol–water partition coefficient (Wildman–Crippen LogP) is 0.604. The molecular weight excluding hydrogens is 316 g/mol. The smallest absolute Gasteiger partial charge is 0.251 e. The van der Waals surface area contributed by atoms with Gasteiger partial charge >= 0.3 is 0 Å². The Balaban J connectivity index is 1.60. The molecule has 1 aromatic rings. The highest BCUT2D eigenvalue weighted by atomic mass is 16.5. The molecular formula is C19H26N4O2. The second-order valence-electron chi connectivity index (χ2n) is 6.90. The highest BCUT2D eigenvalue weighted by Gasteiger charge is 2.23. The first-order valence-corrected chi connectivity index (χ1v) is 8.97. The molecule has 0 saturated carbocycles. The minimum Gasteiger partial charge on any atom is -0.367 e. The number of likely N-dealkylation sites (N-methyl/N-ethyl adjacent to an activating group) is 1. The number of hydrogen-bond acceptors (Lipinski definition) is 5.